The van der Waals surface area contributed by atoms with Gasteiger partial charge in [-0.2, -0.15) is 5.26 Å². The Balaban J connectivity index is 2.99. The SMILES string of the molecule is Cc1cc(C#N)c2ccccc2c1Br. The van der Waals surface area contributed by atoms with Gasteiger partial charge in [0.15, 0.2) is 0 Å². The highest BCUT2D eigenvalue weighted by Crippen LogP contribution is 2.29. The molecule has 0 amide bonds. The number of nitriles is 1. The van der Waals surface area contributed by atoms with Crippen LogP contribution in [-0.4, -0.2) is 0 Å². The summed E-state index contributed by atoms with van der Waals surface area (Å²) in [7, 11) is 0. The predicted molar refractivity (Wildman–Crippen MR) is 61.1 cm³/mol. The fourth-order valence-corrected chi connectivity index (χ4v) is 2.03. The van der Waals surface area contributed by atoms with E-state index in [2.05, 4.69) is 22.0 Å². The molecule has 0 aliphatic carbocycles. The maximum absolute atomic E-state index is 8.99. The number of hydrogen-bond donors (Lipinski definition) is 0. The van der Waals surface area contributed by atoms with Gasteiger partial charge < -0.3 is 0 Å². The standard InChI is InChI=1S/C12H8BrN/c1-8-6-9(7-14)10-4-2-3-5-11(10)12(8)13/h2-6H,1H3. The number of benzene rings is 2. The molecule has 0 saturated heterocycles. The molecule has 2 rings (SSSR count). The Morgan fingerprint density at radius 1 is 1.21 bits per heavy atom. The molecule has 0 fully saturated rings. The summed E-state index contributed by atoms with van der Waals surface area (Å²) in [6, 6.07) is 12.0. The molecule has 2 aromatic carbocycles. The van der Waals surface area contributed by atoms with Crippen LogP contribution in [0.1, 0.15) is 11.1 Å². The van der Waals surface area contributed by atoms with Gasteiger partial charge in [-0.1, -0.05) is 24.3 Å². The van der Waals surface area contributed by atoms with Crippen LogP contribution in [-0.2, 0) is 0 Å². The number of halogens is 1. The molecule has 0 aromatic heterocycles. The number of hydrogen-bond acceptors (Lipinski definition) is 1. The zero-order valence-electron chi connectivity index (χ0n) is 7.71. The van der Waals surface area contributed by atoms with Crippen LogP contribution in [0.2, 0.25) is 0 Å². The van der Waals surface area contributed by atoms with Crippen molar-refractivity contribution >= 4 is 26.7 Å². The van der Waals surface area contributed by atoms with Crippen molar-refractivity contribution in [1.82, 2.24) is 0 Å². The van der Waals surface area contributed by atoms with Crippen molar-refractivity contribution in [2.24, 2.45) is 0 Å². The Hall–Kier alpha value is -1.33. The van der Waals surface area contributed by atoms with E-state index in [1.54, 1.807) is 0 Å². The first-order chi connectivity index (χ1) is 6.74. The molecule has 0 spiro atoms. The molecule has 1 nitrogen and oxygen atoms in total. The topological polar surface area (TPSA) is 23.8 Å². The number of nitrogens with zero attached hydrogens (tertiary/aromatic N) is 1. The molecule has 0 atom stereocenters. The van der Waals surface area contributed by atoms with Gasteiger partial charge in [0.1, 0.15) is 0 Å². The highest BCUT2D eigenvalue weighted by molar-refractivity contribution is 9.10. The van der Waals surface area contributed by atoms with Crippen molar-refractivity contribution in [2.75, 3.05) is 0 Å². The van der Waals surface area contributed by atoms with Gasteiger partial charge >= 0.3 is 0 Å². The molecule has 0 bridgehead atoms. The second-order valence-electron chi connectivity index (χ2n) is 3.21. The zero-order chi connectivity index (χ0) is 10.1. The second-order valence-corrected chi connectivity index (χ2v) is 4.01. The molecular formula is C12H8BrN. The molecular weight excluding hydrogens is 238 g/mol. The van der Waals surface area contributed by atoms with Crippen LogP contribution in [0.3, 0.4) is 0 Å². The Bertz CT molecular complexity index is 538. The summed E-state index contributed by atoms with van der Waals surface area (Å²) in [5.74, 6) is 0. The molecule has 0 heterocycles. The molecule has 68 valence electrons. The summed E-state index contributed by atoms with van der Waals surface area (Å²) in [5.41, 5.74) is 1.83. The van der Waals surface area contributed by atoms with E-state index in [0.717, 1.165) is 26.4 Å². The first kappa shape index (κ1) is 9.23. The van der Waals surface area contributed by atoms with Gasteiger partial charge in [-0.3, -0.25) is 0 Å². The van der Waals surface area contributed by atoms with Crippen LogP contribution < -0.4 is 0 Å². The minimum atomic E-state index is 0.737. The third-order valence-electron chi connectivity index (χ3n) is 2.28. The highest BCUT2D eigenvalue weighted by atomic mass is 79.9. The number of rotatable bonds is 0. The molecule has 14 heavy (non-hydrogen) atoms. The lowest BCUT2D eigenvalue weighted by Crippen LogP contribution is -1.84. The fourth-order valence-electron chi connectivity index (χ4n) is 1.57. The van der Waals surface area contributed by atoms with Crippen LogP contribution in [0.25, 0.3) is 10.8 Å². The van der Waals surface area contributed by atoms with Gasteiger partial charge in [-0.25, -0.2) is 0 Å². The van der Waals surface area contributed by atoms with E-state index >= 15 is 0 Å². The summed E-state index contributed by atoms with van der Waals surface area (Å²) in [6.45, 7) is 2.00. The maximum atomic E-state index is 8.99. The molecule has 0 aliphatic rings. The highest BCUT2D eigenvalue weighted by Gasteiger charge is 2.05. The lowest BCUT2D eigenvalue weighted by Gasteiger charge is -2.05. The van der Waals surface area contributed by atoms with Crippen LogP contribution in [0.15, 0.2) is 34.8 Å². The van der Waals surface area contributed by atoms with Crippen molar-refractivity contribution in [3.05, 3.63) is 45.9 Å². The lowest BCUT2D eigenvalue weighted by atomic mass is 10.0. The van der Waals surface area contributed by atoms with Gasteiger partial charge in [0.25, 0.3) is 0 Å². The summed E-state index contributed by atoms with van der Waals surface area (Å²) < 4.78 is 1.08. The summed E-state index contributed by atoms with van der Waals surface area (Å²) in [4.78, 5) is 0. The first-order valence-electron chi connectivity index (χ1n) is 4.32. The first-order valence-corrected chi connectivity index (χ1v) is 5.11. The molecule has 2 heteroatoms. The van der Waals surface area contributed by atoms with Gasteiger partial charge in [-0.05, 0) is 39.9 Å². The van der Waals surface area contributed by atoms with Crippen molar-refractivity contribution in [3.63, 3.8) is 0 Å². The smallest absolute Gasteiger partial charge is 0.0998 e. The molecule has 0 saturated carbocycles. The summed E-state index contributed by atoms with van der Waals surface area (Å²) in [5, 5.41) is 11.1. The second kappa shape index (κ2) is 3.43. The Morgan fingerprint density at radius 3 is 2.50 bits per heavy atom. The van der Waals surface area contributed by atoms with E-state index in [1.165, 1.54) is 0 Å². The van der Waals surface area contributed by atoms with Crippen LogP contribution in [0, 0.1) is 18.3 Å². The third-order valence-corrected chi connectivity index (χ3v) is 3.33. The maximum Gasteiger partial charge on any atom is 0.0998 e. The van der Waals surface area contributed by atoms with E-state index in [-0.39, 0.29) is 0 Å². The van der Waals surface area contributed by atoms with Gasteiger partial charge in [0.2, 0.25) is 0 Å². The average molecular weight is 246 g/mol. The van der Waals surface area contributed by atoms with Gasteiger partial charge in [0.05, 0.1) is 11.6 Å². The molecule has 2 aromatic rings. The largest absolute Gasteiger partial charge is 0.192 e. The van der Waals surface area contributed by atoms with Crippen molar-refractivity contribution in [1.29, 1.82) is 5.26 Å². The predicted octanol–water partition coefficient (Wildman–Crippen LogP) is 3.78. The van der Waals surface area contributed by atoms with E-state index in [0.29, 0.717) is 0 Å². The molecule has 0 N–H and O–H groups in total. The minimum absolute atomic E-state index is 0.737. The lowest BCUT2D eigenvalue weighted by molar-refractivity contribution is 1.43. The minimum Gasteiger partial charge on any atom is -0.192 e. The van der Waals surface area contributed by atoms with Gasteiger partial charge in [-0.15, -0.1) is 0 Å². The van der Waals surface area contributed by atoms with E-state index in [1.807, 2.05) is 37.3 Å². The fraction of sp³-hybridized carbons (Fsp3) is 0.0833. The van der Waals surface area contributed by atoms with Crippen molar-refractivity contribution in [3.8, 4) is 6.07 Å². The third kappa shape index (κ3) is 1.30. The van der Waals surface area contributed by atoms with E-state index in [9.17, 15) is 0 Å². The van der Waals surface area contributed by atoms with Crippen molar-refractivity contribution in [2.45, 2.75) is 6.92 Å². The molecule has 0 radical (unpaired) electrons. The van der Waals surface area contributed by atoms with E-state index in [4.69, 9.17) is 5.26 Å². The summed E-state index contributed by atoms with van der Waals surface area (Å²) >= 11 is 3.53. The Morgan fingerprint density at radius 2 is 1.86 bits per heavy atom. The molecule has 0 aliphatic heterocycles. The molecule has 0 unspecified atom stereocenters. The van der Waals surface area contributed by atoms with Gasteiger partial charge in [0, 0.05) is 9.86 Å². The van der Waals surface area contributed by atoms with Crippen LogP contribution in [0.4, 0.5) is 0 Å². The zero-order valence-corrected chi connectivity index (χ0v) is 9.30. The van der Waals surface area contributed by atoms with Crippen LogP contribution >= 0.6 is 15.9 Å². The number of aryl methyl sites for hydroxylation is 1. The Labute approximate surface area is 91.1 Å². The average Bonchev–Trinajstić information content (AvgIpc) is 2.23. The van der Waals surface area contributed by atoms with Crippen molar-refractivity contribution < 1.29 is 0 Å². The number of fused-ring (bicyclic) bond motifs is 1. The Kier molecular flexibility index (Phi) is 2.26. The quantitative estimate of drug-likeness (QED) is 0.693. The van der Waals surface area contributed by atoms with Crippen LogP contribution in [0.5, 0.6) is 0 Å². The monoisotopic (exact) mass is 245 g/mol. The normalized spacial score (nSPS) is 10.1. The summed E-state index contributed by atoms with van der Waals surface area (Å²) in [6.07, 6.45) is 0. The van der Waals surface area contributed by atoms with E-state index < -0.39 is 0 Å².